The normalized spacial score (nSPS) is 10.6. The first-order valence-corrected chi connectivity index (χ1v) is 9.61. The SMILES string of the molecule is CCOc1ccc(/C=C/C(=O)Nc2cccc(CN(CC)C(C)=O)c2)cc1OC. The molecule has 0 heterocycles. The number of ether oxygens (including phenoxy) is 2. The van der Waals surface area contributed by atoms with Crippen LogP contribution in [0, 0.1) is 0 Å². The Morgan fingerprint density at radius 3 is 2.55 bits per heavy atom. The van der Waals surface area contributed by atoms with E-state index in [1.54, 1.807) is 25.0 Å². The molecule has 0 bridgehead atoms. The summed E-state index contributed by atoms with van der Waals surface area (Å²) in [4.78, 5) is 25.6. The molecule has 6 nitrogen and oxygen atoms in total. The average Bonchev–Trinajstić information content (AvgIpc) is 2.71. The largest absolute Gasteiger partial charge is 0.493 e. The van der Waals surface area contributed by atoms with E-state index in [1.807, 2.05) is 56.3 Å². The summed E-state index contributed by atoms with van der Waals surface area (Å²) in [6, 6.07) is 13.0. The van der Waals surface area contributed by atoms with E-state index < -0.39 is 0 Å². The van der Waals surface area contributed by atoms with Gasteiger partial charge in [0.1, 0.15) is 0 Å². The molecule has 6 heteroatoms. The summed E-state index contributed by atoms with van der Waals surface area (Å²) in [7, 11) is 1.58. The third kappa shape index (κ3) is 6.68. The Morgan fingerprint density at radius 1 is 1.10 bits per heavy atom. The number of amides is 2. The fourth-order valence-electron chi connectivity index (χ4n) is 2.83. The number of anilines is 1. The third-order valence-corrected chi connectivity index (χ3v) is 4.31. The lowest BCUT2D eigenvalue weighted by atomic mass is 10.1. The zero-order valence-electron chi connectivity index (χ0n) is 17.4. The van der Waals surface area contributed by atoms with Crippen molar-refractivity contribution in [3.63, 3.8) is 0 Å². The van der Waals surface area contributed by atoms with Gasteiger partial charge in [0.05, 0.1) is 13.7 Å². The molecule has 0 saturated carbocycles. The van der Waals surface area contributed by atoms with Gasteiger partial charge in [-0.2, -0.15) is 0 Å². The van der Waals surface area contributed by atoms with Crippen LogP contribution in [0.3, 0.4) is 0 Å². The first-order valence-electron chi connectivity index (χ1n) is 9.61. The molecule has 0 spiro atoms. The van der Waals surface area contributed by atoms with E-state index in [4.69, 9.17) is 9.47 Å². The van der Waals surface area contributed by atoms with Gasteiger partial charge >= 0.3 is 0 Å². The Labute approximate surface area is 172 Å². The van der Waals surface area contributed by atoms with E-state index in [1.165, 1.54) is 6.08 Å². The highest BCUT2D eigenvalue weighted by Gasteiger charge is 2.08. The molecule has 2 aromatic carbocycles. The zero-order valence-corrected chi connectivity index (χ0v) is 17.4. The zero-order chi connectivity index (χ0) is 21.2. The van der Waals surface area contributed by atoms with Crippen LogP contribution in [0.4, 0.5) is 5.69 Å². The van der Waals surface area contributed by atoms with Gasteiger partial charge < -0.3 is 19.7 Å². The smallest absolute Gasteiger partial charge is 0.248 e. The predicted molar refractivity (Wildman–Crippen MR) is 115 cm³/mol. The van der Waals surface area contributed by atoms with Crippen molar-refractivity contribution in [2.75, 3.05) is 25.6 Å². The van der Waals surface area contributed by atoms with Crippen LogP contribution in [0.25, 0.3) is 6.08 Å². The number of methoxy groups -OCH3 is 1. The van der Waals surface area contributed by atoms with E-state index in [0.717, 1.165) is 11.1 Å². The lowest BCUT2D eigenvalue weighted by Gasteiger charge is -2.19. The minimum atomic E-state index is -0.242. The summed E-state index contributed by atoms with van der Waals surface area (Å²) in [5.41, 5.74) is 2.47. The number of carbonyl (C=O) groups is 2. The predicted octanol–water partition coefficient (Wildman–Crippen LogP) is 4.11. The highest BCUT2D eigenvalue weighted by Crippen LogP contribution is 2.28. The van der Waals surface area contributed by atoms with Crippen molar-refractivity contribution in [3.8, 4) is 11.5 Å². The maximum absolute atomic E-state index is 12.3. The molecule has 0 radical (unpaired) electrons. The van der Waals surface area contributed by atoms with E-state index in [-0.39, 0.29) is 11.8 Å². The molecule has 0 aliphatic heterocycles. The number of rotatable bonds is 9. The fraction of sp³-hybridized carbons (Fsp3) is 0.304. The molecule has 0 aliphatic rings. The monoisotopic (exact) mass is 396 g/mol. The van der Waals surface area contributed by atoms with Crippen molar-refractivity contribution in [2.45, 2.75) is 27.3 Å². The molecule has 1 N–H and O–H groups in total. The maximum atomic E-state index is 12.3. The van der Waals surface area contributed by atoms with E-state index in [9.17, 15) is 9.59 Å². The van der Waals surface area contributed by atoms with Crippen molar-refractivity contribution in [2.24, 2.45) is 0 Å². The van der Waals surface area contributed by atoms with Crippen LogP contribution in [0.5, 0.6) is 11.5 Å². The van der Waals surface area contributed by atoms with Gasteiger partial charge in [-0.1, -0.05) is 18.2 Å². The number of hydrogen-bond donors (Lipinski definition) is 1. The highest BCUT2D eigenvalue weighted by atomic mass is 16.5. The Balaban J connectivity index is 2.03. The minimum Gasteiger partial charge on any atom is -0.493 e. The number of nitrogens with one attached hydrogen (secondary N) is 1. The lowest BCUT2D eigenvalue weighted by Crippen LogP contribution is -2.27. The summed E-state index contributed by atoms with van der Waals surface area (Å²) < 4.78 is 10.8. The molecule has 2 aromatic rings. The number of carbonyl (C=O) groups excluding carboxylic acids is 2. The van der Waals surface area contributed by atoms with Crippen LogP contribution in [0.1, 0.15) is 31.9 Å². The standard InChI is InChI=1S/C23H28N2O4/c1-5-25(17(3)26)16-19-8-7-9-20(14-19)24-23(27)13-11-18-10-12-21(29-6-2)22(15-18)28-4/h7-15H,5-6,16H2,1-4H3,(H,24,27)/b13-11+. The number of hydrogen-bond acceptors (Lipinski definition) is 4. The van der Waals surface area contributed by atoms with Crippen molar-refractivity contribution in [3.05, 3.63) is 59.7 Å². The summed E-state index contributed by atoms with van der Waals surface area (Å²) in [6.45, 7) is 7.10. The van der Waals surface area contributed by atoms with Gasteiger partial charge in [-0.3, -0.25) is 9.59 Å². The van der Waals surface area contributed by atoms with E-state index >= 15 is 0 Å². The van der Waals surface area contributed by atoms with E-state index in [0.29, 0.717) is 36.9 Å². The van der Waals surface area contributed by atoms with Gasteiger partial charge in [-0.25, -0.2) is 0 Å². The molecule has 2 rings (SSSR count). The molecular formula is C23H28N2O4. The van der Waals surface area contributed by atoms with Gasteiger partial charge in [0.15, 0.2) is 11.5 Å². The van der Waals surface area contributed by atoms with Crippen LogP contribution < -0.4 is 14.8 Å². The molecule has 154 valence electrons. The highest BCUT2D eigenvalue weighted by molar-refractivity contribution is 6.02. The first kappa shape index (κ1) is 22.0. The second kappa shape index (κ2) is 10.9. The first-order chi connectivity index (χ1) is 14.0. The maximum Gasteiger partial charge on any atom is 0.248 e. The van der Waals surface area contributed by atoms with Gasteiger partial charge in [0.2, 0.25) is 11.8 Å². The summed E-state index contributed by atoms with van der Waals surface area (Å²) in [5, 5.41) is 2.85. The summed E-state index contributed by atoms with van der Waals surface area (Å²) in [6.07, 6.45) is 3.18. The third-order valence-electron chi connectivity index (χ3n) is 4.31. The van der Waals surface area contributed by atoms with Gasteiger partial charge in [-0.05, 0) is 55.3 Å². The molecule has 0 unspecified atom stereocenters. The summed E-state index contributed by atoms with van der Waals surface area (Å²) >= 11 is 0. The Kier molecular flexibility index (Phi) is 8.27. The molecule has 2 amide bonds. The quantitative estimate of drug-likeness (QED) is 0.648. The fourth-order valence-corrected chi connectivity index (χ4v) is 2.83. The van der Waals surface area contributed by atoms with Gasteiger partial charge in [0.25, 0.3) is 0 Å². The molecule has 0 aliphatic carbocycles. The van der Waals surface area contributed by atoms with Crippen LogP contribution >= 0.6 is 0 Å². The molecule has 0 atom stereocenters. The molecule has 29 heavy (non-hydrogen) atoms. The molecular weight excluding hydrogens is 368 g/mol. The van der Waals surface area contributed by atoms with Crippen LogP contribution in [-0.4, -0.2) is 37.0 Å². The Hall–Kier alpha value is -3.28. The van der Waals surface area contributed by atoms with Crippen molar-refractivity contribution >= 4 is 23.6 Å². The van der Waals surface area contributed by atoms with Crippen LogP contribution in [0.15, 0.2) is 48.5 Å². The summed E-state index contributed by atoms with van der Waals surface area (Å²) in [5.74, 6) is 1.07. The lowest BCUT2D eigenvalue weighted by molar-refractivity contribution is -0.129. The van der Waals surface area contributed by atoms with Crippen molar-refractivity contribution < 1.29 is 19.1 Å². The minimum absolute atomic E-state index is 0.0238. The van der Waals surface area contributed by atoms with Gasteiger partial charge in [0, 0.05) is 31.8 Å². The van der Waals surface area contributed by atoms with Crippen LogP contribution in [-0.2, 0) is 16.1 Å². The Morgan fingerprint density at radius 2 is 1.90 bits per heavy atom. The van der Waals surface area contributed by atoms with E-state index in [2.05, 4.69) is 5.32 Å². The topological polar surface area (TPSA) is 67.9 Å². The molecule has 0 fully saturated rings. The number of nitrogens with zero attached hydrogens (tertiary/aromatic N) is 1. The average molecular weight is 396 g/mol. The second-order valence-electron chi connectivity index (χ2n) is 6.40. The van der Waals surface area contributed by atoms with Crippen molar-refractivity contribution in [1.29, 1.82) is 0 Å². The second-order valence-corrected chi connectivity index (χ2v) is 6.40. The molecule has 0 saturated heterocycles. The van der Waals surface area contributed by atoms with Crippen LogP contribution in [0.2, 0.25) is 0 Å². The van der Waals surface area contributed by atoms with Gasteiger partial charge in [-0.15, -0.1) is 0 Å². The number of benzene rings is 2. The van der Waals surface area contributed by atoms with Crippen molar-refractivity contribution in [1.82, 2.24) is 4.90 Å². The Bertz CT molecular complexity index is 877. The molecule has 0 aromatic heterocycles.